The molecule has 4 heteroatoms. The monoisotopic (exact) mass is 155 g/mol. The Morgan fingerprint density at radius 1 is 1.64 bits per heavy atom. The van der Waals surface area contributed by atoms with E-state index in [1.165, 1.54) is 0 Å². The summed E-state index contributed by atoms with van der Waals surface area (Å²) in [4.78, 5) is 21.3. The van der Waals surface area contributed by atoms with Crippen LogP contribution in [0.5, 0.6) is 0 Å². The van der Waals surface area contributed by atoms with Gasteiger partial charge in [0.1, 0.15) is 0 Å². The minimum atomic E-state index is -0.457. The standard InChI is InChI=1S/C7H9NO3/c1-8-3-2-5-4-6(9)11-7(5)10/h2-3,5,8H,4H2,1H3/b3-2-. The molecular formula is C7H9NO3. The molecule has 0 aromatic carbocycles. The molecule has 60 valence electrons. The maximum absolute atomic E-state index is 10.8. The fourth-order valence-corrected chi connectivity index (χ4v) is 0.851. The minimum absolute atomic E-state index is 0.164. The van der Waals surface area contributed by atoms with Gasteiger partial charge in [-0.25, -0.2) is 0 Å². The summed E-state index contributed by atoms with van der Waals surface area (Å²) in [6, 6.07) is 0. The molecule has 1 atom stereocenters. The smallest absolute Gasteiger partial charge is 0.321 e. The molecule has 1 saturated heterocycles. The third kappa shape index (κ3) is 1.80. The Hall–Kier alpha value is -1.32. The minimum Gasteiger partial charge on any atom is -0.394 e. The van der Waals surface area contributed by atoms with Crippen molar-refractivity contribution >= 4 is 11.9 Å². The topological polar surface area (TPSA) is 55.4 Å². The quantitative estimate of drug-likeness (QED) is 0.443. The number of nitrogens with one attached hydrogen (secondary N) is 1. The molecule has 0 saturated carbocycles. The highest BCUT2D eigenvalue weighted by Crippen LogP contribution is 2.16. The molecule has 1 fully saturated rings. The summed E-state index contributed by atoms with van der Waals surface area (Å²) < 4.78 is 4.31. The van der Waals surface area contributed by atoms with Gasteiger partial charge in [-0.15, -0.1) is 0 Å². The summed E-state index contributed by atoms with van der Waals surface area (Å²) >= 11 is 0. The first-order valence-electron chi connectivity index (χ1n) is 3.32. The van der Waals surface area contributed by atoms with Gasteiger partial charge in [0.2, 0.25) is 0 Å². The largest absolute Gasteiger partial charge is 0.394 e. The molecule has 0 spiro atoms. The van der Waals surface area contributed by atoms with Gasteiger partial charge in [0, 0.05) is 7.05 Å². The second-order valence-electron chi connectivity index (χ2n) is 2.25. The van der Waals surface area contributed by atoms with Crippen LogP contribution in [0.25, 0.3) is 0 Å². The van der Waals surface area contributed by atoms with E-state index >= 15 is 0 Å². The van der Waals surface area contributed by atoms with Gasteiger partial charge in [-0.3, -0.25) is 9.59 Å². The van der Waals surface area contributed by atoms with Gasteiger partial charge in [-0.05, 0) is 6.20 Å². The summed E-state index contributed by atoms with van der Waals surface area (Å²) in [6.07, 6.45) is 3.40. The van der Waals surface area contributed by atoms with Crippen molar-refractivity contribution in [2.24, 2.45) is 5.92 Å². The lowest BCUT2D eigenvalue weighted by Crippen LogP contribution is -2.05. The van der Waals surface area contributed by atoms with Crippen molar-refractivity contribution in [1.82, 2.24) is 5.32 Å². The Bertz CT molecular complexity index is 210. The lowest BCUT2D eigenvalue weighted by molar-refractivity contribution is -0.152. The molecule has 0 bridgehead atoms. The average Bonchev–Trinajstić information content (AvgIpc) is 2.26. The summed E-state index contributed by atoms with van der Waals surface area (Å²) in [5.74, 6) is -1.29. The van der Waals surface area contributed by atoms with E-state index in [4.69, 9.17) is 0 Å². The first kappa shape index (κ1) is 7.78. The SMILES string of the molecule is CN/C=C\C1CC(=O)OC1=O. The zero-order valence-corrected chi connectivity index (χ0v) is 6.16. The van der Waals surface area contributed by atoms with Crippen molar-refractivity contribution in [3.8, 4) is 0 Å². The second-order valence-corrected chi connectivity index (χ2v) is 2.25. The second kappa shape index (κ2) is 3.18. The van der Waals surface area contributed by atoms with Crippen LogP contribution in [0, 0.1) is 5.92 Å². The average molecular weight is 155 g/mol. The highest BCUT2D eigenvalue weighted by molar-refractivity contribution is 5.95. The van der Waals surface area contributed by atoms with Crippen molar-refractivity contribution in [3.05, 3.63) is 12.3 Å². The Labute approximate surface area is 64.2 Å². The molecule has 1 aliphatic rings. The van der Waals surface area contributed by atoms with E-state index in [9.17, 15) is 9.59 Å². The predicted molar refractivity (Wildman–Crippen MR) is 37.4 cm³/mol. The summed E-state index contributed by atoms with van der Waals surface area (Å²) in [6.45, 7) is 0. The Kier molecular flexibility index (Phi) is 2.25. The molecule has 1 heterocycles. The Balaban J connectivity index is 2.53. The summed E-state index contributed by atoms with van der Waals surface area (Å²) in [5.41, 5.74) is 0. The fourth-order valence-electron chi connectivity index (χ4n) is 0.851. The van der Waals surface area contributed by atoms with E-state index in [1.54, 1.807) is 19.3 Å². The van der Waals surface area contributed by atoms with Crippen molar-refractivity contribution < 1.29 is 14.3 Å². The van der Waals surface area contributed by atoms with Crippen LogP contribution >= 0.6 is 0 Å². The van der Waals surface area contributed by atoms with Crippen LogP contribution in [-0.4, -0.2) is 19.0 Å². The highest BCUT2D eigenvalue weighted by atomic mass is 16.6. The van der Waals surface area contributed by atoms with Gasteiger partial charge >= 0.3 is 11.9 Å². The van der Waals surface area contributed by atoms with Crippen LogP contribution in [0.2, 0.25) is 0 Å². The van der Waals surface area contributed by atoms with Gasteiger partial charge in [-0.1, -0.05) is 6.08 Å². The first-order valence-corrected chi connectivity index (χ1v) is 3.32. The molecule has 0 amide bonds. The van der Waals surface area contributed by atoms with Crippen LogP contribution in [0.1, 0.15) is 6.42 Å². The van der Waals surface area contributed by atoms with Crippen molar-refractivity contribution in [3.63, 3.8) is 0 Å². The first-order chi connectivity index (χ1) is 5.24. The maximum Gasteiger partial charge on any atom is 0.321 e. The predicted octanol–water partition coefficient (Wildman–Crippen LogP) is -0.191. The van der Waals surface area contributed by atoms with Crippen LogP contribution < -0.4 is 5.32 Å². The molecule has 11 heavy (non-hydrogen) atoms. The van der Waals surface area contributed by atoms with E-state index in [0.717, 1.165) is 0 Å². The van der Waals surface area contributed by atoms with E-state index in [0.29, 0.717) is 0 Å². The van der Waals surface area contributed by atoms with Crippen LogP contribution in [-0.2, 0) is 14.3 Å². The third-order valence-corrected chi connectivity index (χ3v) is 1.40. The number of esters is 2. The maximum atomic E-state index is 10.8. The number of cyclic esters (lactones) is 2. The van der Waals surface area contributed by atoms with Crippen LogP contribution in [0.15, 0.2) is 12.3 Å². The Morgan fingerprint density at radius 3 is 2.82 bits per heavy atom. The fraction of sp³-hybridized carbons (Fsp3) is 0.429. The lowest BCUT2D eigenvalue weighted by Gasteiger charge is -1.93. The number of hydrogen-bond acceptors (Lipinski definition) is 4. The van der Waals surface area contributed by atoms with Gasteiger partial charge in [-0.2, -0.15) is 0 Å². The number of carbonyl (C=O) groups is 2. The molecule has 0 radical (unpaired) electrons. The van der Waals surface area contributed by atoms with Crippen LogP contribution in [0.4, 0.5) is 0 Å². The Morgan fingerprint density at radius 2 is 2.36 bits per heavy atom. The van der Waals surface area contributed by atoms with Gasteiger partial charge in [0.25, 0.3) is 0 Å². The van der Waals surface area contributed by atoms with Gasteiger partial charge in [0.05, 0.1) is 12.3 Å². The van der Waals surface area contributed by atoms with E-state index < -0.39 is 17.9 Å². The zero-order valence-electron chi connectivity index (χ0n) is 6.16. The molecule has 4 nitrogen and oxygen atoms in total. The molecule has 1 aliphatic heterocycles. The molecule has 0 aliphatic carbocycles. The summed E-state index contributed by atoms with van der Waals surface area (Å²) in [7, 11) is 1.72. The molecule has 1 unspecified atom stereocenters. The van der Waals surface area contributed by atoms with Crippen molar-refractivity contribution in [2.45, 2.75) is 6.42 Å². The molecule has 0 aromatic rings. The third-order valence-electron chi connectivity index (χ3n) is 1.40. The number of carbonyl (C=O) groups excluding carboxylic acids is 2. The normalized spacial score (nSPS) is 24.3. The highest BCUT2D eigenvalue weighted by Gasteiger charge is 2.30. The van der Waals surface area contributed by atoms with Crippen LogP contribution in [0.3, 0.4) is 0 Å². The van der Waals surface area contributed by atoms with Gasteiger partial charge < -0.3 is 10.1 Å². The summed E-state index contributed by atoms with van der Waals surface area (Å²) in [5, 5.41) is 2.73. The van der Waals surface area contributed by atoms with E-state index in [1.807, 2.05) is 0 Å². The molecule has 0 aromatic heterocycles. The van der Waals surface area contributed by atoms with E-state index in [-0.39, 0.29) is 6.42 Å². The number of hydrogen-bond donors (Lipinski definition) is 1. The van der Waals surface area contributed by atoms with E-state index in [2.05, 4.69) is 10.1 Å². The zero-order chi connectivity index (χ0) is 8.27. The van der Waals surface area contributed by atoms with Crippen molar-refractivity contribution in [2.75, 3.05) is 7.05 Å². The molecule has 1 N–H and O–H groups in total. The molecular weight excluding hydrogens is 146 g/mol. The number of ether oxygens (including phenoxy) is 1. The van der Waals surface area contributed by atoms with Crippen molar-refractivity contribution in [1.29, 1.82) is 0 Å². The molecule has 1 rings (SSSR count). The van der Waals surface area contributed by atoms with Gasteiger partial charge in [0.15, 0.2) is 0 Å². The lowest BCUT2D eigenvalue weighted by atomic mass is 10.1. The number of rotatable bonds is 2.